The third kappa shape index (κ3) is 3.32. The molecule has 0 aromatic heterocycles. The van der Waals surface area contributed by atoms with Crippen molar-refractivity contribution in [2.75, 3.05) is 13.1 Å². The van der Waals surface area contributed by atoms with Crippen molar-refractivity contribution < 1.29 is 4.79 Å². The summed E-state index contributed by atoms with van der Waals surface area (Å²) in [6, 6.07) is 7.67. The maximum absolute atomic E-state index is 12.4. The van der Waals surface area contributed by atoms with E-state index in [9.17, 15) is 4.79 Å². The predicted octanol–water partition coefficient (Wildman–Crippen LogP) is 3.71. The van der Waals surface area contributed by atoms with Gasteiger partial charge in [0.2, 0.25) is 0 Å². The summed E-state index contributed by atoms with van der Waals surface area (Å²) < 4.78 is 0.891. The summed E-state index contributed by atoms with van der Waals surface area (Å²) in [6.45, 7) is 3.90. The lowest BCUT2D eigenvalue weighted by Crippen LogP contribution is -2.33. The zero-order chi connectivity index (χ0) is 12.3. The van der Waals surface area contributed by atoms with Gasteiger partial charge in [0.15, 0.2) is 0 Å². The van der Waals surface area contributed by atoms with Crippen LogP contribution in [0.4, 0.5) is 0 Å². The molecule has 3 heteroatoms. The third-order valence-electron chi connectivity index (χ3n) is 3.06. The summed E-state index contributed by atoms with van der Waals surface area (Å²) in [5.41, 5.74) is 0.779. The first kappa shape index (κ1) is 12.6. The molecule has 0 atom stereocenters. The topological polar surface area (TPSA) is 20.3 Å². The van der Waals surface area contributed by atoms with E-state index in [1.54, 1.807) is 0 Å². The van der Waals surface area contributed by atoms with Gasteiger partial charge in [-0.1, -0.05) is 19.1 Å². The van der Waals surface area contributed by atoms with Gasteiger partial charge in [-0.15, -0.1) is 0 Å². The summed E-state index contributed by atoms with van der Waals surface area (Å²) in [7, 11) is 0. The van der Waals surface area contributed by atoms with Gasteiger partial charge in [-0.25, -0.2) is 0 Å². The third-order valence-corrected chi connectivity index (χ3v) is 3.75. The van der Waals surface area contributed by atoms with Crippen molar-refractivity contribution in [2.24, 2.45) is 5.92 Å². The fourth-order valence-corrected chi connectivity index (χ4v) is 2.42. The Hall–Kier alpha value is -0.830. The fourth-order valence-electron chi connectivity index (χ4n) is 1.96. The monoisotopic (exact) mass is 295 g/mol. The smallest absolute Gasteiger partial charge is 0.255 e. The van der Waals surface area contributed by atoms with Crippen LogP contribution in [-0.4, -0.2) is 23.9 Å². The fraction of sp³-hybridized carbons (Fsp3) is 0.500. The Morgan fingerprint density at radius 1 is 1.41 bits per heavy atom. The first-order valence-corrected chi connectivity index (χ1v) is 7.05. The second-order valence-electron chi connectivity index (χ2n) is 4.67. The highest BCUT2D eigenvalue weighted by Gasteiger charge is 2.27. The first-order valence-electron chi connectivity index (χ1n) is 6.26. The minimum absolute atomic E-state index is 0.159. The Kier molecular flexibility index (Phi) is 4.21. The Morgan fingerprint density at radius 3 is 2.71 bits per heavy atom. The second kappa shape index (κ2) is 5.67. The van der Waals surface area contributed by atoms with Crippen molar-refractivity contribution in [3.8, 4) is 0 Å². The molecule has 0 heterocycles. The molecule has 0 aliphatic heterocycles. The molecule has 1 aromatic rings. The molecule has 1 aliphatic rings. The van der Waals surface area contributed by atoms with Crippen LogP contribution in [0.3, 0.4) is 0 Å². The molecular weight excluding hydrogens is 278 g/mol. The number of carbonyl (C=O) groups excluding carboxylic acids is 1. The quantitative estimate of drug-likeness (QED) is 0.811. The SMILES string of the molecule is CCCN(CC1CC1)C(=O)c1ccccc1Br. The molecule has 17 heavy (non-hydrogen) atoms. The van der Waals surface area contributed by atoms with Crippen molar-refractivity contribution in [3.63, 3.8) is 0 Å². The van der Waals surface area contributed by atoms with Gasteiger partial charge in [-0.2, -0.15) is 0 Å². The van der Waals surface area contributed by atoms with Gasteiger partial charge in [0.05, 0.1) is 5.56 Å². The molecule has 2 nitrogen and oxygen atoms in total. The molecule has 0 N–H and O–H groups in total. The van der Waals surface area contributed by atoms with Crippen molar-refractivity contribution in [1.82, 2.24) is 4.90 Å². The molecule has 0 bridgehead atoms. The molecule has 0 saturated heterocycles. The van der Waals surface area contributed by atoms with Crippen LogP contribution >= 0.6 is 15.9 Å². The lowest BCUT2D eigenvalue weighted by Gasteiger charge is -2.22. The van der Waals surface area contributed by atoms with Crippen LogP contribution in [0.25, 0.3) is 0 Å². The van der Waals surface area contributed by atoms with Gasteiger partial charge in [0.1, 0.15) is 0 Å². The van der Waals surface area contributed by atoms with Gasteiger partial charge in [-0.05, 0) is 53.2 Å². The van der Waals surface area contributed by atoms with Crippen LogP contribution in [-0.2, 0) is 0 Å². The number of nitrogens with zero attached hydrogens (tertiary/aromatic N) is 1. The molecule has 1 fully saturated rings. The number of hydrogen-bond donors (Lipinski definition) is 0. The Labute approximate surface area is 111 Å². The first-order chi connectivity index (χ1) is 8.22. The summed E-state index contributed by atoms with van der Waals surface area (Å²) in [5.74, 6) is 0.902. The second-order valence-corrected chi connectivity index (χ2v) is 5.53. The number of amides is 1. The maximum atomic E-state index is 12.4. The molecule has 0 radical (unpaired) electrons. The van der Waals surface area contributed by atoms with E-state index in [2.05, 4.69) is 22.9 Å². The predicted molar refractivity (Wildman–Crippen MR) is 73.1 cm³/mol. The highest BCUT2D eigenvalue weighted by atomic mass is 79.9. The maximum Gasteiger partial charge on any atom is 0.255 e. The average Bonchev–Trinajstić information content (AvgIpc) is 3.12. The van der Waals surface area contributed by atoms with E-state index in [4.69, 9.17) is 0 Å². The van der Waals surface area contributed by atoms with E-state index in [1.807, 2.05) is 29.2 Å². The lowest BCUT2D eigenvalue weighted by molar-refractivity contribution is 0.0747. The lowest BCUT2D eigenvalue weighted by atomic mass is 10.2. The summed E-state index contributed by atoms with van der Waals surface area (Å²) in [6.07, 6.45) is 3.58. The minimum atomic E-state index is 0.159. The van der Waals surface area contributed by atoms with Gasteiger partial charge in [0, 0.05) is 17.6 Å². The van der Waals surface area contributed by atoms with Crippen molar-refractivity contribution in [2.45, 2.75) is 26.2 Å². The molecule has 1 saturated carbocycles. The molecule has 92 valence electrons. The number of rotatable bonds is 5. The van der Waals surface area contributed by atoms with Crippen LogP contribution in [0.1, 0.15) is 36.5 Å². The molecule has 0 unspecified atom stereocenters. The van der Waals surface area contributed by atoms with E-state index in [1.165, 1.54) is 12.8 Å². The van der Waals surface area contributed by atoms with Crippen LogP contribution in [0, 0.1) is 5.92 Å². The minimum Gasteiger partial charge on any atom is -0.338 e. The van der Waals surface area contributed by atoms with E-state index < -0.39 is 0 Å². The van der Waals surface area contributed by atoms with Gasteiger partial charge < -0.3 is 4.90 Å². The standard InChI is InChI=1S/C14H18BrNO/c1-2-9-16(10-11-7-8-11)14(17)12-5-3-4-6-13(12)15/h3-6,11H,2,7-10H2,1H3. The van der Waals surface area contributed by atoms with Gasteiger partial charge >= 0.3 is 0 Å². The number of benzene rings is 1. The summed E-state index contributed by atoms with van der Waals surface area (Å²) >= 11 is 3.45. The summed E-state index contributed by atoms with van der Waals surface area (Å²) in [4.78, 5) is 14.4. The van der Waals surface area contributed by atoms with Gasteiger partial charge in [0.25, 0.3) is 5.91 Å². The average molecular weight is 296 g/mol. The van der Waals surface area contributed by atoms with E-state index in [-0.39, 0.29) is 5.91 Å². The molecule has 2 rings (SSSR count). The Balaban J connectivity index is 2.11. The van der Waals surface area contributed by atoms with Crippen LogP contribution in [0.2, 0.25) is 0 Å². The molecule has 1 aromatic carbocycles. The molecular formula is C14H18BrNO. The Morgan fingerprint density at radius 2 is 2.12 bits per heavy atom. The number of halogens is 1. The van der Waals surface area contributed by atoms with Crippen LogP contribution in [0.15, 0.2) is 28.7 Å². The van der Waals surface area contributed by atoms with Gasteiger partial charge in [-0.3, -0.25) is 4.79 Å². The zero-order valence-corrected chi connectivity index (χ0v) is 11.7. The Bertz CT molecular complexity index is 401. The molecule has 1 aliphatic carbocycles. The molecule has 0 spiro atoms. The normalized spacial score (nSPS) is 14.7. The molecule has 1 amide bonds. The van der Waals surface area contributed by atoms with Crippen LogP contribution < -0.4 is 0 Å². The van der Waals surface area contributed by atoms with Crippen LogP contribution in [0.5, 0.6) is 0 Å². The highest BCUT2D eigenvalue weighted by molar-refractivity contribution is 9.10. The van der Waals surface area contributed by atoms with Crippen molar-refractivity contribution in [3.05, 3.63) is 34.3 Å². The largest absolute Gasteiger partial charge is 0.338 e. The van der Waals surface area contributed by atoms with Crippen molar-refractivity contribution >= 4 is 21.8 Å². The van der Waals surface area contributed by atoms with Crippen molar-refractivity contribution in [1.29, 1.82) is 0 Å². The zero-order valence-electron chi connectivity index (χ0n) is 10.2. The number of hydrogen-bond acceptors (Lipinski definition) is 1. The summed E-state index contributed by atoms with van der Waals surface area (Å²) in [5, 5.41) is 0. The van der Waals surface area contributed by atoms with E-state index >= 15 is 0 Å². The van der Waals surface area contributed by atoms with E-state index in [0.717, 1.165) is 35.5 Å². The van der Waals surface area contributed by atoms with E-state index in [0.29, 0.717) is 0 Å². The number of carbonyl (C=O) groups is 1. The highest BCUT2D eigenvalue weighted by Crippen LogP contribution is 2.30.